The zero-order valence-corrected chi connectivity index (χ0v) is 13.2. The van der Waals surface area contributed by atoms with Gasteiger partial charge in [0.1, 0.15) is 12.0 Å². The van der Waals surface area contributed by atoms with Crippen LogP contribution in [0.5, 0.6) is 5.88 Å². The normalized spacial score (nSPS) is 10.8. The zero-order chi connectivity index (χ0) is 15.0. The number of hydrogen-bond acceptors (Lipinski definition) is 5. The number of hydrogen-bond donors (Lipinski definition) is 1. The number of nitrogens with two attached hydrogens (primary N) is 1. The van der Waals surface area contributed by atoms with Crippen molar-refractivity contribution in [1.29, 1.82) is 0 Å². The molecule has 1 rings (SSSR count). The van der Waals surface area contributed by atoms with Gasteiger partial charge in [-0.2, -0.15) is 4.98 Å². The molecule has 1 heterocycles. The lowest BCUT2D eigenvalue weighted by molar-refractivity contribution is 0.306. The van der Waals surface area contributed by atoms with E-state index in [0.717, 1.165) is 38.2 Å². The van der Waals surface area contributed by atoms with Crippen LogP contribution in [-0.4, -0.2) is 29.7 Å². The lowest BCUT2D eigenvalue weighted by Gasteiger charge is -2.27. The summed E-state index contributed by atoms with van der Waals surface area (Å²) in [5, 5.41) is 0. The fourth-order valence-corrected chi connectivity index (χ4v) is 2.16. The topological polar surface area (TPSA) is 64.3 Å². The number of anilines is 2. The van der Waals surface area contributed by atoms with Crippen LogP contribution in [0.2, 0.25) is 0 Å². The Hall–Kier alpha value is -1.52. The minimum Gasteiger partial charge on any atom is -0.476 e. The summed E-state index contributed by atoms with van der Waals surface area (Å²) in [7, 11) is 0. The van der Waals surface area contributed by atoms with E-state index in [1.807, 2.05) is 0 Å². The van der Waals surface area contributed by atoms with E-state index in [1.165, 1.54) is 6.33 Å². The molecule has 0 fully saturated rings. The Labute approximate surface area is 122 Å². The lowest BCUT2D eigenvalue weighted by Crippen LogP contribution is -2.30. The van der Waals surface area contributed by atoms with Gasteiger partial charge in [-0.1, -0.05) is 33.6 Å². The molecule has 0 aliphatic heterocycles. The Balaban J connectivity index is 2.91. The number of aromatic nitrogens is 2. The van der Waals surface area contributed by atoms with Crippen molar-refractivity contribution in [3.63, 3.8) is 0 Å². The minimum absolute atomic E-state index is 0.500. The van der Waals surface area contributed by atoms with Crippen LogP contribution in [0.15, 0.2) is 6.33 Å². The van der Waals surface area contributed by atoms with Gasteiger partial charge in [-0.05, 0) is 19.3 Å². The van der Waals surface area contributed by atoms with E-state index in [0.29, 0.717) is 24.1 Å². The molecule has 0 bridgehead atoms. The Morgan fingerprint density at radius 1 is 1.20 bits per heavy atom. The molecule has 0 saturated carbocycles. The van der Waals surface area contributed by atoms with Crippen molar-refractivity contribution in [3.05, 3.63) is 6.33 Å². The molecule has 0 aliphatic rings. The average Bonchev–Trinajstić information content (AvgIpc) is 2.48. The SMILES string of the molecule is CCCOc1ncnc(N(CC)CC(CC)CC)c1N. The smallest absolute Gasteiger partial charge is 0.242 e. The summed E-state index contributed by atoms with van der Waals surface area (Å²) >= 11 is 0. The standard InChI is InChI=1S/C15H28N4O/c1-5-9-20-15-13(16)14(17-11-18-15)19(8-4)10-12(6-2)7-3/h11-12H,5-10,16H2,1-4H3. The fraction of sp³-hybridized carbons (Fsp3) is 0.733. The summed E-state index contributed by atoms with van der Waals surface area (Å²) in [6, 6.07) is 0. The van der Waals surface area contributed by atoms with Gasteiger partial charge in [0.05, 0.1) is 6.61 Å². The van der Waals surface area contributed by atoms with Gasteiger partial charge < -0.3 is 15.4 Å². The Bertz CT molecular complexity index is 393. The largest absolute Gasteiger partial charge is 0.476 e. The van der Waals surface area contributed by atoms with Gasteiger partial charge in [0.25, 0.3) is 0 Å². The van der Waals surface area contributed by atoms with Crippen LogP contribution >= 0.6 is 0 Å². The van der Waals surface area contributed by atoms with Crippen LogP contribution in [0.1, 0.15) is 47.0 Å². The second-order valence-electron chi connectivity index (χ2n) is 4.99. The summed E-state index contributed by atoms with van der Waals surface area (Å²) in [6.45, 7) is 11.1. The van der Waals surface area contributed by atoms with Crippen molar-refractivity contribution in [2.24, 2.45) is 5.92 Å². The van der Waals surface area contributed by atoms with E-state index in [1.54, 1.807) is 0 Å². The van der Waals surface area contributed by atoms with Crippen molar-refractivity contribution in [2.45, 2.75) is 47.0 Å². The number of rotatable bonds is 9. The highest BCUT2D eigenvalue weighted by molar-refractivity contribution is 5.67. The van der Waals surface area contributed by atoms with Gasteiger partial charge in [0.2, 0.25) is 5.88 Å². The first kappa shape index (κ1) is 16.5. The second-order valence-corrected chi connectivity index (χ2v) is 4.99. The maximum Gasteiger partial charge on any atom is 0.242 e. The summed E-state index contributed by atoms with van der Waals surface area (Å²) < 4.78 is 5.58. The van der Waals surface area contributed by atoms with E-state index in [4.69, 9.17) is 10.5 Å². The Morgan fingerprint density at radius 3 is 2.45 bits per heavy atom. The van der Waals surface area contributed by atoms with E-state index in [9.17, 15) is 0 Å². The average molecular weight is 280 g/mol. The molecular formula is C15H28N4O. The van der Waals surface area contributed by atoms with Gasteiger partial charge >= 0.3 is 0 Å². The van der Waals surface area contributed by atoms with Crippen LogP contribution in [0.4, 0.5) is 11.5 Å². The molecule has 114 valence electrons. The third-order valence-corrected chi connectivity index (χ3v) is 3.58. The van der Waals surface area contributed by atoms with Gasteiger partial charge in [-0.25, -0.2) is 4.98 Å². The van der Waals surface area contributed by atoms with Crippen molar-refractivity contribution in [3.8, 4) is 5.88 Å². The van der Waals surface area contributed by atoms with E-state index in [-0.39, 0.29) is 0 Å². The molecule has 5 heteroatoms. The van der Waals surface area contributed by atoms with Crippen LogP contribution < -0.4 is 15.4 Å². The van der Waals surface area contributed by atoms with E-state index >= 15 is 0 Å². The molecule has 0 aromatic carbocycles. The Morgan fingerprint density at radius 2 is 1.90 bits per heavy atom. The third kappa shape index (κ3) is 4.25. The highest BCUT2D eigenvalue weighted by Gasteiger charge is 2.17. The first-order chi connectivity index (χ1) is 9.67. The molecule has 0 unspecified atom stereocenters. The summed E-state index contributed by atoms with van der Waals surface area (Å²) in [5.41, 5.74) is 6.72. The van der Waals surface area contributed by atoms with Crippen LogP contribution in [0.3, 0.4) is 0 Å². The van der Waals surface area contributed by atoms with Crippen LogP contribution in [0, 0.1) is 5.92 Å². The highest BCUT2D eigenvalue weighted by atomic mass is 16.5. The molecule has 0 atom stereocenters. The van der Waals surface area contributed by atoms with Crippen LogP contribution in [0.25, 0.3) is 0 Å². The summed E-state index contributed by atoms with van der Waals surface area (Å²) in [4.78, 5) is 10.7. The molecule has 0 spiro atoms. The molecule has 1 aromatic rings. The summed E-state index contributed by atoms with van der Waals surface area (Å²) in [5.74, 6) is 1.95. The van der Waals surface area contributed by atoms with Gasteiger partial charge in [-0.15, -0.1) is 0 Å². The first-order valence-corrected chi connectivity index (χ1v) is 7.65. The number of nitrogen functional groups attached to an aromatic ring is 1. The van der Waals surface area contributed by atoms with Crippen molar-refractivity contribution >= 4 is 11.5 Å². The van der Waals surface area contributed by atoms with Crippen LogP contribution in [-0.2, 0) is 0 Å². The van der Waals surface area contributed by atoms with E-state index < -0.39 is 0 Å². The van der Waals surface area contributed by atoms with Crippen molar-refractivity contribution in [2.75, 3.05) is 30.3 Å². The molecule has 20 heavy (non-hydrogen) atoms. The monoisotopic (exact) mass is 280 g/mol. The zero-order valence-electron chi connectivity index (χ0n) is 13.2. The molecule has 0 radical (unpaired) electrons. The maximum absolute atomic E-state index is 6.17. The molecule has 0 saturated heterocycles. The highest BCUT2D eigenvalue weighted by Crippen LogP contribution is 2.28. The Kier molecular flexibility index (Phi) is 7.12. The minimum atomic E-state index is 0.500. The number of ether oxygens (including phenoxy) is 1. The fourth-order valence-electron chi connectivity index (χ4n) is 2.16. The molecule has 0 aliphatic carbocycles. The maximum atomic E-state index is 6.17. The first-order valence-electron chi connectivity index (χ1n) is 7.65. The predicted molar refractivity (Wildman–Crippen MR) is 84.2 cm³/mol. The number of nitrogens with zero attached hydrogens (tertiary/aromatic N) is 3. The van der Waals surface area contributed by atoms with Crippen molar-refractivity contribution in [1.82, 2.24) is 9.97 Å². The predicted octanol–water partition coefficient (Wildman–Crippen LogP) is 3.11. The quantitative estimate of drug-likeness (QED) is 0.753. The molecule has 0 amide bonds. The van der Waals surface area contributed by atoms with Gasteiger partial charge in [-0.3, -0.25) is 0 Å². The second kappa shape index (κ2) is 8.61. The molecule has 5 nitrogen and oxygen atoms in total. The van der Waals surface area contributed by atoms with Crippen molar-refractivity contribution < 1.29 is 4.74 Å². The molecular weight excluding hydrogens is 252 g/mol. The molecule has 1 aromatic heterocycles. The van der Waals surface area contributed by atoms with Gasteiger partial charge in [0, 0.05) is 13.1 Å². The van der Waals surface area contributed by atoms with Gasteiger partial charge in [0.15, 0.2) is 5.82 Å². The van der Waals surface area contributed by atoms with E-state index in [2.05, 4.69) is 42.6 Å². The molecule has 2 N–H and O–H groups in total. The summed E-state index contributed by atoms with van der Waals surface area (Å²) in [6.07, 6.45) is 4.80. The lowest BCUT2D eigenvalue weighted by atomic mass is 10.0. The third-order valence-electron chi connectivity index (χ3n) is 3.58.